The molecule has 44 heavy (non-hydrogen) atoms. The molecule has 0 aliphatic rings. The van der Waals surface area contributed by atoms with Crippen LogP contribution in [0.25, 0.3) is 16.6 Å². The summed E-state index contributed by atoms with van der Waals surface area (Å²) in [6, 6.07) is 19.3. The van der Waals surface area contributed by atoms with Crippen LogP contribution in [0, 0.1) is 5.82 Å². The van der Waals surface area contributed by atoms with Crippen LogP contribution < -0.4 is 10.3 Å². The van der Waals surface area contributed by atoms with Crippen LogP contribution in [0.3, 0.4) is 0 Å². The highest BCUT2D eigenvalue weighted by Gasteiger charge is 2.34. The Morgan fingerprint density at radius 3 is 2.41 bits per heavy atom. The number of carbonyl (C=O) groups excluding carboxylic acids is 1. The summed E-state index contributed by atoms with van der Waals surface area (Å²) in [6.45, 7) is 4.12. The second kappa shape index (κ2) is 12.7. The van der Waals surface area contributed by atoms with Crippen molar-refractivity contribution >= 4 is 16.8 Å². The molecular weight excluding hydrogens is 576 g/mol. The number of aromatic nitrogens is 3. The number of nitrogens with zero attached hydrogens (tertiary/aromatic N) is 4. The summed E-state index contributed by atoms with van der Waals surface area (Å²) in [5.41, 5.74) is 0.0771. The quantitative estimate of drug-likeness (QED) is 0.176. The summed E-state index contributed by atoms with van der Waals surface area (Å²) in [7, 11) is 0. The molecule has 7 nitrogen and oxygen atoms in total. The molecule has 11 heteroatoms. The Bertz CT molecular complexity index is 1840. The number of rotatable bonds is 9. The minimum absolute atomic E-state index is 0.0446. The summed E-state index contributed by atoms with van der Waals surface area (Å²) in [6.07, 6.45) is -2.09. The van der Waals surface area contributed by atoms with Crippen molar-refractivity contribution < 1.29 is 27.1 Å². The van der Waals surface area contributed by atoms with E-state index < -0.39 is 35.1 Å². The van der Waals surface area contributed by atoms with Gasteiger partial charge in [0, 0.05) is 24.6 Å². The molecule has 2 heterocycles. The average Bonchev–Trinajstić information content (AvgIpc) is 3.00. The molecule has 5 rings (SSSR count). The molecule has 2 aromatic heterocycles. The maximum absolute atomic E-state index is 14.4. The average molecular weight is 605 g/mol. The van der Waals surface area contributed by atoms with Crippen molar-refractivity contribution in [3.05, 3.63) is 130 Å². The second-order valence-electron chi connectivity index (χ2n) is 10.1. The molecule has 0 radical (unpaired) electrons. The Balaban J connectivity index is 1.60. The van der Waals surface area contributed by atoms with E-state index in [1.807, 2.05) is 19.1 Å². The maximum Gasteiger partial charge on any atom is 0.419 e. The minimum Gasteiger partial charge on any atom is -0.494 e. The fourth-order valence-electron chi connectivity index (χ4n) is 5.04. The van der Waals surface area contributed by atoms with Crippen LogP contribution >= 0.6 is 0 Å². The molecule has 3 aromatic carbocycles. The molecule has 1 atom stereocenters. The molecule has 226 valence electrons. The summed E-state index contributed by atoms with van der Waals surface area (Å²) in [5.74, 6) is -1.06. The molecule has 0 saturated carbocycles. The predicted octanol–water partition coefficient (Wildman–Crippen LogP) is 6.67. The van der Waals surface area contributed by atoms with Crippen molar-refractivity contribution in [3.8, 4) is 11.4 Å². The minimum atomic E-state index is -4.86. The molecule has 0 fully saturated rings. The van der Waals surface area contributed by atoms with E-state index >= 15 is 0 Å². The third-order valence-corrected chi connectivity index (χ3v) is 7.16. The molecule has 0 bridgehead atoms. The van der Waals surface area contributed by atoms with Gasteiger partial charge in [0.2, 0.25) is 5.91 Å². The number of hydrogen-bond donors (Lipinski definition) is 0. The molecule has 1 amide bonds. The molecule has 0 saturated heterocycles. The first-order valence-corrected chi connectivity index (χ1v) is 13.9. The maximum atomic E-state index is 14.4. The van der Waals surface area contributed by atoms with Gasteiger partial charge in [0.15, 0.2) is 0 Å². The number of halogens is 4. The van der Waals surface area contributed by atoms with Crippen LogP contribution in [0.15, 0.2) is 96.1 Å². The zero-order valence-corrected chi connectivity index (χ0v) is 23.9. The Morgan fingerprint density at radius 1 is 1.00 bits per heavy atom. The lowest BCUT2D eigenvalue weighted by atomic mass is 10.1. The zero-order chi connectivity index (χ0) is 31.4. The van der Waals surface area contributed by atoms with E-state index in [1.54, 1.807) is 72.4 Å². The molecule has 0 N–H and O–H groups in total. The Labute approximate surface area is 250 Å². The number of benzene rings is 3. The third kappa shape index (κ3) is 6.46. The van der Waals surface area contributed by atoms with Gasteiger partial charge in [-0.15, -0.1) is 0 Å². The monoisotopic (exact) mass is 604 g/mol. The van der Waals surface area contributed by atoms with Gasteiger partial charge in [0.05, 0.1) is 35.5 Å². The van der Waals surface area contributed by atoms with Crippen LogP contribution in [0.2, 0.25) is 0 Å². The number of pyridine rings is 1. The van der Waals surface area contributed by atoms with Gasteiger partial charge in [-0.05, 0) is 79.6 Å². The number of alkyl halides is 3. The smallest absolute Gasteiger partial charge is 0.419 e. The van der Waals surface area contributed by atoms with Gasteiger partial charge < -0.3 is 9.64 Å². The Morgan fingerprint density at radius 2 is 1.75 bits per heavy atom. The lowest BCUT2D eigenvalue weighted by Crippen LogP contribution is -2.37. The second-order valence-corrected chi connectivity index (χ2v) is 10.1. The van der Waals surface area contributed by atoms with E-state index in [-0.39, 0.29) is 24.4 Å². The first kappa shape index (κ1) is 30.4. The first-order chi connectivity index (χ1) is 21.1. The summed E-state index contributed by atoms with van der Waals surface area (Å²) in [5, 5.41) is 0.378. The molecule has 0 aliphatic carbocycles. The zero-order valence-electron chi connectivity index (χ0n) is 23.9. The molecular formula is C33H28F4N4O3. The van der Waals surface area contributed by atoms with E-state index in [1.165, 1.54) is 4.90 Å². The van der Waals surface area contributed by atoms with Crippen molar-refractivity contribution in [1.82, 2.24) is 19.4 Å². The highest BCUT2D eigenvalue weighted by atomic mass is 19.4. The largest absolute Gasteiger partial charge is 0.494 e. The Hall–Kier alpha value is -5.06. The number of hydrogen-bond acceptors (Lipinski definition) is 5. The van der Waals surface area contributed by atoms with Gasteiger partial charge in [0.1, 0.15) is 17.4 Å². The number of amides is 1. The molecule has 0 spiro atoms. The highest BCUT2D eigenvalue weighted by Crippen LogP contribution is 2.32. The normalized spacial score (nSPS) is 12.2. The van der Waals surface area contributed by atoms with E-state index in [4.69, 9.17) is 4.74 Å². The van der Waals surface area contributed by atoms with Gasteiger partial charge in [0.25, 0.3) is 5.56 Å². The van der Waals surface area contributed by atoms with Gasteiger partial charge in [-0.25, -0.2) is 4.39 Å². The van der Waals surface area contributed by atoms with Gasteiger partial charge in [-0.1, -0.05) is 24.3 Å². The molecule has 1 unspecified atom stereocenters. The van der Waals surface area contributed by atoms with Crippen molar-refractivity contribution in [1.29, 1.82) is 0 Å². The predicted molar refractivity (Wildman–Crippen MR) is 157 cm³/mol. The van der Waals surface area contributed by atoms with Crippen molar-refractivity contribution in [2.24, 2.45) is 0 Å². The Kier molecular flexibility index (Phi) is 8.75. The first-order valence-electron chi connectivity index (χ1n) is 13.9. The molecule has 5 aromatic rings. The summed E-state index contributed by atoms with van der Waals surface area (Å²) in [4.78, 5) is 37.1. The van der Waals surface area contributed by atoms with E-state index in [9.17, 15) is 27.2 Å². The topological polar surface area (TPSA) is 77.3 Å². The van der Waals surface area contributed by atoms with Crippen molar-refractivity contribution in [3.63, 3.8) is 0 Å². The SMILES string of the molecule is CCOc1ccc(-n2c(C(C)N(Cc3cccnc3)C(=O)Cc3ccc(C(F)(F)F)c(F)c3)nc(=O)c3ccccc32)cc1. The lowest BCUT2D eigenvalue weighted by Gasteiger charge is -2.31. The van der Waals surface area contributed by atoms with E-state index in [0.29, 0.717) is 40.6 Å². The van der Waals surface area contributed by atoms with Crippen LogP contribution in [-0.4, -0.2) is 31.9 Å². The number of carbonyl (C=O) groups is 1. The lowest BCUT2D eigenvalue weighted by molar-refractivity contribution is -0.140. The van der Waals surface area contributed by atoms with Crippen LogP contribution in [0.4, 0.5) is 17.6 Å². The number of para-hydroxylation sites is 1. The van der Waals surface area contributed by atoms with Crippen molar-refractivity contribution in [2.75, 3.05) is 6.61 Å². The van der Waals surface area contributed by atoms with Gasteiger partial charge >= 0.3 is 6.18 Å². The summed E-state index contributed by atoms with van der Waals surface area (Å²) < 4.78 is 61.1. The van der Waals surface area contributed by atoms with Crippen molar-refractivity contribution in [2.45, 2.75) is 39.0 Å². The summed E-state index contributed by atoms with van der Waals surface area (Å²) >= 11 is 0. The van der Waals surface area contributed by atoms with E-state index in [0.717, 1.165) is 12.1 Å². The van der Waals surface area contributed by atoms with Gasteiger partial charge in [-0.3, -0.25) is 19.1 Å². The number of fused-ring (bicyclic) bond motifs is 1. The number of ether oxygens (including phenoxy) is 1. The third-order valence-electron chi connectivity index (χ3n) is 7.16. The fraction of sp³-hybridized carbons (Fsp3) is 0.212. The standard InChI is InChI=1S/C33H28F4N4O3/c1-3-44-25-13-11-24(12-14-25)41-29-9-5-4-8-26(29)32(43)39-31(41)21(2)40(20-23-7-6-16-38-19-23)30(42)18-22-10-15-27(28(34)17-22)33(35,36)37/h4-17,19,21H,3,18,20H2,1-2H3. The van der Waals surface area contributed by atoms with Crippen LogP contribution in [-0.2, 0) is 23.9 Å². The van der Waals surface area contributed by atoms with Gasteiger partial charge in [-0.2, -0.15) is 18.2 Å². The van der Waals surface area contributed by atoms with E-state index in [2.05, 4.69) is 9.97 Å². The van der Waals surface area contributed by atoms with Crippen LogP contribution in [0.1, 0.15) is 42.4 Å². The van der Waals surface area contributed by atoms with Crippen LogP contribution in [0.5, 0.6) is 5.75 Å². The molecule has 0 aliphatic heterocycles. The fourth-order valence-corrected chi connectivity index (χ4v) is 5.04. The highest BCUT2D eigenvalue weighted by molar-refractivity contribution is 5.81.